The lowest BCUT2D eigenvalue weighted by atomic mass is 10.1. The Morgan fingerprint density at radius 2 is 1.60 bits per heavy atom. The molecule has 0 amide bonds. The summed E-state index contributed by atoms with van der Waals surface area (Å²) >= 11 is 0. The zero-order chi connectivity index (χ0) is 24.5. The number of methoxy groups -OCH3 is 1. The maximum atomic E-state index is 13.4. The minimum atomic E-state index is -0.530. The number of fused-ring (bicyclic) bond motifs is 1. The third kappa shape index (κ3) is 4.35. The lowest BCUT2D eigenvalue weighted by molar-refractivity contribution is 0.414. The van der Waals surface area contributed by atoms with Gasteiger partial charge in [0.1, 0.15) is 11.1 Å². The molecule has 176 valence electrons. The lowest BCUT2D eigenvalue weighted by Gasteiger charge is -2.09. The number of halogens is 1. The van der Waals surface area contributed by atoms with Crippen LogP contribution in [-0.2, 0) is 20.1 Å². The highest BCUT2D eigenvalue weighted by Crippen LogP contribution is 2.19. The van der Waals surface area contributed by atoms with Crippen LogP contribution in [0.2, 0.25) is 0 Å². The number of rotatable bonds is 6. The van der Waals surface area contributed by atoms with Crippen LogP contribution in [0.5, 0.6) is 5.75 Å². The number of hydrogen-bond acceptors (Lipinski definition) is 5. The lowest BCUT2D eigenvalue weighted by Crippen LogP contribution is -2.38. The van der Waals surface area contributed by atoms with E-state index < -0.39 is 17.2 Å². The fourth-order valence-electron chi connectivity index (χ4n) is 3.97. The molecule has 35 heavy (non-hydrogen) atoms. The van der Waals surface area contributed by atoms with Gasteiger partial charge in [-0.1, -0.05) is 42.5 Å². The number of ether oxygens (including phenoxy) is 1. The van der Waals surface area contributed by atoms with Crippen LogP contribution in [-0.4, -0.2) is 31.0 Å². The van der Waals surface area contributed by atoms with Gasteiger partial charge in [0.25, 0.3) is 5.56 Å². The smallest absolute Gasteiger partial charge is 0.332 e. The molecule has 0 N–H and O–H groups in total. The van der Waals surface area contributed by atoms with Gasteiger partial charge >= 0.3 is 5.69 Å². The van der Waals surface area contributed by atoms with Crippen LogP contribution in [0.25, 0.3) is 22.3 Å². The largest absolute Gasteiger partial charge is 0.497 e. The Hall–Kier alpha value is -4.53. The molecule has 5 rings (SSSR count). The first-order valence-corrected chi connectivity index (χ1v) is 10.9. The predicted octanol–water partition coefficient (Wildman–Crippen LogP) is 3.20. The zero-order valence-electron chi connectivity index (χ0n) is 19.2. The molecular weight excluding hydrogens is 449 g/mol. The quantitative estimate of drug-likeness (QED) is 0.355. The van der Waals surface area contributed by atoms with Gasteiger partial charge in [0.15, 0.2) is 5.65 Å². The molecular formula is C26H22FN5O3. The van der Waals surface area contributed by atoms with Crippen molar-refractivity contribution in [2.45, 2.75) is 13.1 Å². The van der Waals surface area contributed by atoms with E-state index in [4.69, 9.17) is 4.74 Å². The fourth-order valence-corrected chi connectivity index (χ4v) is 3.97. The Morgan fingerprint density at radius 3 is 2.29 bits per heavy atom. The second-order valence-corrected chi connectivity index (χ2v) is 8.19. The summed E-state index contributed by atoms with van der Waals surface area (Å²) in [6.07, 6.45) is 1.66. The van der Waals surface area contributed by atoms with E-state index >= 15 is 0 Å². The van der Waals surface area contributed by atoms with Gasteiger partial charge in [-0.05, 0) is 35.4 Å². The summed E-state index contributed by atoms with van der Waals surface area (Å²) < 4.78 is 22.9. The van der Waals surface area contributed by atoms with E-state index in [0.717, 1.165) is 27.0 Å². The SMILES string of the molecule is COc1ccc(Cn2c(=O)n(C)c(=O)c3cn(Cc4ccc(-c5cccc(F)n5)cc4)nc32)cc1. The van der Waals surface area contributed by atoms with E-state index in [1.54, 1.807) is 30.1 Å². The minimum absolute atomic E-state index is 0.264. The molecule has 0 aliphatic rings. The van der Waals surface area contributed by atoms with Gasteiger partial charge in [0.2, 0.25) is 5.95 Å². The van der Waals surface area contributed by atoms with Gasteiger partial charge in [-0.25, -0.2) is 9.78 Å². The first-order valence-electron chi connectivity index (χ1n) is 10.9. The molecule has 9 heteroatoms. The maximum Gasteiger partial charge on any atom is 0.332 e. The van der Waals surface area contributed by atoms with Crippen LogP contribution in [0.1, 0.15) is 11.1 Å². The molecule has 0 atom stereocenters. The highest BCUT2D eigenvalue weighted by molar-refractivity contribution is 5.73. The van der Waals surface area contributed by atoms with Crippen molar-refractivity contribution in [2.24, 2.45) is 7.05 Å². The van der Waals surface area contributed by atoms with Crippen molar-refractivity contribution >= 4 is 11.0 Å². The van der Waals surface area contributed by atoms with E-state index in [2.05, 4.69) is 10.1 Å². The molecule has 0 fully saturated rings. The third-order valence-electron chi connectivity index (χ3n) is 5.86. The van der Waals surface area contributed by atoms with Crippen LogP contribution >= 0.6 is 0 Å². The van der Waals surface area contributed by atoms with Crippen LogP contribution in [0, 0.1) is 5.95 Å². The zero-order valence-corrected chi connectivity index (χ0v) is 19.2. The van der Waals surface area contributed by atoms with Crippen molar-refractivity contribution in [3.05, 3.63) is 111 Å². The molecule has 0 bridgehead atoms. The standard InChI is InChI=1S/C26H22FN5O3/c1-30-25(33)21-16-31(14-17-6-10-19(11-7-17)22-4-3-5-23(27)28-22)29-24(21)32(26(30)34)15-18-8-12-20(35-2)13-9-18/h3-13,16H,14-15H2,1-2H3. The minimum Gasteiger partial charge on any atom is -0.497 e. The first-order chi connectivity index (χ1) is 16.9. The van der Waals surface area contributed by atoms with Crippen LogP contribution in [0.15, 0.2) is 82.5 Å². The number of nitrogens with zero attached hydrogens (tertiary/aromatic N) is 5. The van der Waals surface area contributed by atoms with Crippen molar-refractivity contribution in [3.8, 4) is 17.0 Å². The summed E-state index contributed by atoms with van der Waals surface area (Å²) in [5.74, 6) is 0.187. The summed E-state index contributed by atoms with van der Waals surface area (Å²) in [6, 6.07) is 19.6. The summed E-state index contributed by atoms with van der Waals surface area (Å²) in [5, 5.41) is 4.93. The fraction of sp³-hybridized carbons (Fsp3) is 0.154. The van der Waals surface area contributed by atoms with Gasteiger partial charge in [-0.2, -0.15) is 9.49 Å². The molecule has 2 aromatic carbocycles. The van der Waals surface area contributed by atoms with Crippen LogP contribution in [0.3, 0.4) is 0 Å². The molecule has 3 aromatic heterocycles. The monoisotopic (exact) mass is 471 g/mol. The van der Waals surface area contributed by atoms with E-state index in [9.17, 15) is 14.0 Å². The summed E-state index contributed by atoms with van der Waals surface area (Å²) in [7, 11) is 3.06. The Kier molecular flexibility index (Phi) is 5.74. The highest BCUT2D eigenvalue weighted by atomic mass is 19.1. The first kappa shape index (κ1) is 22.3. The highest BCUT2D eigenvalue weighted by Gasteiger charge is 2.15. The number of aromatic nitrogens is 5. The average molecular weight is 471 g/mol. The Balaban J connectivity index is 1.47. The number of hydrogen-bond donors (Lipinski definition) is 0. The van der Waals surface area contributed by atoms with Gasteiger partial charge in [0.05, 0.1) is 25.9 Å². The molecule has 0 aliphatic heterocycles. The Labute approximate surface area is 199 Å². The normalized spacial score (nSPS) is 11.2. The predicted molar refractivity (Wildman–Crippen MR) is 130 cm³/mol. The molecule has 0 radical (unpaired) electrons. The van der Waals surface area contributed by atoms with E-state index in [0.29, 0.717) is 23.3 Å². The summed E-state index contributed by atoms with van der Waals surface area (Å²) in [4.78, 5) is 29.6. The van der Waals surface area contributed by atoms with Gasteiger partial charge in [-0.15, -0.1) is 0 Å². The second kappa shape index (κ2) is 9.02. The molecule has 0 unspecified atom stereocenters. The van der Waals surface area contributed by atoms with Gasteiger partial charge in [0, 0.05) is 18.8 Å². The molecule has 0 saturated heterocycles. The van der Waals surface area contributed by atoms with E-state index in [1.807, 2.05) is 48.5 Å². The van der Waals surface area contributed by atoms with Crippen molar-refractivity contribution in [3.63, 3.8) is 0 Å². The van der Waals surface area contributed by atoms with Crippen molar-refractivity contribution in [2.75, 3.05) is 7.11 Å². The van der Waals surface area contributed by atoms with Crippen LogP contribution in [0.4, 0.5) is 4.39 Å². The van der Waals surface area contributed by atoms with E-state index in [1.165, 1.54) is 17.7 Å². The molecule has 5 aromatic rings. The maximum absolute atomic E-state index is 13.4. The van der Waals surface area contributed by atoms with Crippen molar-refractivity contribution in [1.29, 1.82) is 0 Å². The number of benzene rings is 2. The molecule has 3 heterocycles. The molecule has 8 nitrogen and oxygen atoms in total. The molecule has 0 spiro atoms. The molecule has 0 saturated carbocycles. The Morgan fingerprint density at radius 1 is 0.914 bits per heavy atom. The summed E-state index contributed by atoms with van der Waals surface area (Å²) in [5.41, 5.74) is 2.65. The molecule has 0 aliphatic carbocycles. The topological polar surface area (TPSA) is 83.9 Å². The Bertz CT molecular complexity index is 1630. The van der Waals surface area contributed by atoms with Gasteiger partial charge < -0.3 is 4.74 Å². The van der Waals surface area contributed by atoms with Gasteiger partial charge in [-0.3, -0.25) is 18.6 Å². The van der Waals surface area contributed by atoms with Crippen molar-refractivity contribution in [1.82, 2.24) is 23.9 Å². The van der Waals surface area contributed by atoms with Crippen LogP contribution < -0.4 is 16.0 Å². The average Bonchev–Trinajstić information content (AvgIpc) is 3.30. The van der Waals surface area contributed by atoms with E-state index in [-0.39, 0.29) is 6.54 Å². The van der Waals surface area contributed by atoms with Crippen molar-refractivity contribution < 1.29 is 9.13 Å². The number of pyridine rings is 1. The second-order valence-electron chi connectivity index (χ2n) is 8.19. The summed E-state index contributed by atoms with van der Waals surface area (Å²) in [6.45, 7) is 0.658. The third-order valence-corrected chi connectivity index (χ3v) is 5.86.